The van der Waals surface area contributed by atoms with Crippen LogP contribution in [0, 0.1) is 0 Å². The highest BCUT2D eigenvalue weighted by atomic mass is 16.5. The van der Waals surface area contributed by atoms with Gasteiger partial charge in [0, 0.05) is 5.56 Å². The molecule has 60 valence electrons. The van der Waals surface area contributed by atoms with Crippen molar-refractivity contribution in [2.45, 2.75) is 0 Å². The molecular formula is C7H5N3O2. The lowest BCUT2D eigenvalue weighted by Crippen LogP contribution is -1.91. The van der Waals surface area contributed by atoms with Gasteiger partial charge in [-0.15, -0.1) is 5.10 Å². The maximum Gasteiger partial charge on any atom is 0.150 e. The molecule has 0 radical (unpaired) electrons. The summed E-state index contributed by atoms with van der Waals surface area (Å²) in [5, 5.41) is 16.1. The second kappa shape index (κ2) is 2.30. The Labute approximate surface area is 67.2 Å². The zero-order chi connectivity index (χ0) is 8.55. The first-order chi connectivity index (χ1) is 5.81. The first-order valence-corrected chi connectivity index (χ1v) is 3.31. The number of hydrogen-bond donors (Lipinski definition) is 1. The largest absolute Gasteiger partial charge is 0.410 e. The van der Waals surface area contributed by atoms with Crippen molar-refractivity contribution in [2.24, 2.45) is 0 Å². The van der Waals surface area contributed by atoms with Crippen molar-refractivity contribution in [3.8, 4) is 0 Å². The van der Waals surface area contributed by atoms with E-state index in [0.29, 0.717) is 27.7 Å². The molecule has 1 heterocycles. The Morgan fingerprint density at radius 3 is 3.08 bits per heavy atom. The second-order valence-electron chi connectivity index (χ2n) is 2.34. The van der Waals surface area contributed by atoms with Gasteiger partial charge in [-0.05, 0) is 23.4 Å². The van der Waals surface area contributed by atoms with Gasteiger partial charge in [-0.1, -0.05) is 4.85 Å². The van der Waals surface area contributed by atoms with Crippen LogP contribution < -0.4 is 0 Å². The van der Waals surface area contributed by atoms with Crippen LogP contribution >= 0.6 is 0 Å². The van der Waals surface area contributed by atoms with Crippen LogP contribution in [0.25, 0.3) is 11.0 Å². The smallest absolute Gasteiger partial charge is 0.150 e. The number of aromatic nitrogens is 3. The Hall–Kier alpha value is -1.91. The lowest BCUT2D eigenvalue weighted by atomic mass is 10.2. The topological polar surface area (TPSA) is 68.0 Å². The fraction of sp³-hybridized carbons (Fsp3) is 0. The van der Waals surface area contributed by atoms with E-state index in [1.165, 1.54) is 6.07 Å². The Kier molecular flexibility index (Phi) is 1.30. The summed E-state index contributed by atoms with van der Waals surface area (Å²) in [5.41, 5.74) is 1.47. The van der Waals surface area contributed by atoms with E-state index in [4.69, 9.17) is 5.21 Å². The highest BCUT2D eigenvalue weighted by Gasteiger charge is 2.02. The fourth-order valence-electron chi connectivity index (χ4n) is 0.997. The molecule has 1 aromatic heterocycles. The summed E-state index contributed by atoms with van der Waals surface area (Å²) in [6.45, 7) is 0. The lowest BCUT2D eigenvalue weighted by Gasteiger charge is -1.90. The Morgan fingerprint density at radius 2 is 2.33 bits per heavy atom. The third kappa shape index (κ3) is 0.833. The Balaban J connectivity index is 2.79. The van der Waals surface area contributed by atoms with Crippen LogP contribution in [0.5, 0.6) is 0 Å². The molecule has 0 fully saturated rings. The molecular weight excluding hydrogens is 158 g/mol. The maximum absolute atomic E-state index is 10.4. The highest BCUT2D eigenvalue weighted by Crippen LogP contribution is 2.10. The molecule has 2 aromatic rings. The SMILES string of the molecule is O=Cc1ccc2nnn(O)c2c1. The van der Waals surface area contributed by atoms with E-state index < -0.39 is 0 Å². The van der Waals surface area contributed by atoms with Crippen LogP contribution in [0.1, 0.15) is 10.4 Å². The molecule has 5 nitrogen and oxygen atoms in total. The normalized spacial score (nSPS) is 10.3. The number of benzene rings is 1. The minimum absolute atomic E-state index is 0.430. The monoisotopic (exact) mass is 163 g/mol. The van der Waals surface area contributed by atoms with Crippen molar-refractivity contribution in [1.29, 1.82) is 0 Å². The lowest BCUT2D eigenvalue weighted by molar-refractivity contribution is 0.112. The molecule has 0 unspecified atom stereocenters. The molecule has 0 aliphatic rings. The molecule has 12 heavy (non-hydrogen) atoms. The van der Waals surface area contributed by atoms with Crippen LogP contribution in [-0.4, -0.2) is 26.7 Å². The number of carbonyl (C=O) groups is 1. The van der Waals surface area contributed by atoms with Crippen LogP contribution in [0.3, 0.4) is 0 Å². The molecule has 0 bridgehead atoms. The van der Waals surface area contributed by atoms with Gasteiger partial charge in [-0.25, -0.2) is 0 Å². The van der Waals surface area contributed by atoms with Gasteiger partial charge in [0.2, 0.25) is 0 Å². The molecule has 1 aromatic carbocycles. The molecule has 0 spiro atoms. The molecule has 0 saturated heterocycles. The van der Waals surface area contributed by atoms with Crippen molar-refractivity contribution in [2.75, 3.05) is 0 Å². The third-order valence-electron chi connectivity index (χ3n) is 1.59. The summed E-state index contributed by atoms with van der Waals surface area (Å²) >= 11 is 0. The molecule has 0 amide bonds. The number of aldehydes is 1. The van der Waals surface area contributed by atoms with E-state index in [1.807, 2.05) is 0 Å². The number of rotatable bonds is 1. The number of carbonyl (C=O) groups excluding carboxylic acids is 1. The minimum atomic E-state index is 0.430. The maximum atomic E-state index is 10.4. The average Bonchev–Trinajstić information content (AvgIpc) is 2.47. The third-order valence-corrected chi connectivity index (χ3v) is 1.59. The molecule has 0 aliphatic carbocycles. The van der Waals surface area contributed by atoms with E-state index in [9.17, 15) is 4.79 Å². The van der Waals surface area contributed by atoms with Crippen LogP contribution in [0.15, 0.2) is 18.2 Å². The summed E-state index contributed by atoms with van der Waals surface area (Å²) in [4.78, 5) is 11.0. The van der Waals surface area contributed by atoms with Gasteiger partial charge < -0.3 is 5.21 Å². The average molecular weight is 163 g/mol. The van der Waals surface area contributed by atoms with Gasteiger partial charge in [-0.3, -0.25) is 4.79 Å². The molecule has 0 aliphatic heterocycles. The summed E-state index contributed by atoms with van der Waals surface area (Å²) in [6.07, 6.45) is 0.701. The van der Waals surface area contributed by atoms with E-state index in [0.717, 1.165) is 0 Å². The summed E-state index contributed by atoms with van der Waals surface area (Å²) in [7, 11) is 0. The van der Waals surface area contributed by atoms with Crippen molar-refractivity contribution < 1.29 is 10.0 Å². The summed E-state index contributed by atoms with van der Waals surface area (Å²) < 4.78 is 0. The predicted octanol–water partition coefficient (Wildman–Crippen LogP) is 0.481. The highest BCUT2D eigenvalue weighted by molar-refractivity contribution is 5.84. The van der Waals surface area contributed by atoms with Gasteiger partial charge >= 0.3 is 0 Å². The standard InChI is InChI=1S/C7H5N3O2/c11-4-5-1-2-6-7(3-5)10(12)9-8-6/h1-4,12H. The predicted molar refractivity (Wildman–Crippen MR) is 40.1 cm³/mol. The van der Waals surface area contributed by atoms with Crippen molar-refractivity contribution >= 4 is 17.3 Å². The quantitative estimate of drug-likeness (QED) is 0.490. The van der Waals surface area contributed by atoms with E-state index in [2.05, 4.69) is 10.3 Å². The van der Waals surface area contributed by atoms with Crippen LogP contribution in [0.2, 0.25) is 0 Å². The Morgan fingerprint density at radius 1 is 1.50 bits per heavy atom. The van der Waals surface area contributed by atoms with Gasteiger partial charge in [-0.2, -0.15) is 0 Å². The first kappa shape index (κ1) is 6.78. The van der Waals surface area contributed by atoms with Crippen LogP contribution in [0.4, 0.5) is 0 Å². The number of fused-ring (bicyclic) bond motifs is 1. The number of nitrogens with zero attached hydrogens (tertiary/aromatic N) is 3. The van der Waals surface area contributed by atoms with Crippen molar-refractivity contribution in [1.82, 2.24) is 15.2 Å². The molecule has 0 saturated carbocycles. The van der Waals surface area contributed by atoms with Crippen molar-refractivity contribution in [3.63, 3.8) is 0 Å². The zero-order valence-electron chi connectivity index (χ0n) is 6.01. The summed E-state index contributed by atoms with van der Waals surface area (Å²) in [6, 6.07) is 4.76. The molecule has 2 rings (SSSR count). The van der Waals surface area contributed by atoms with E-state index in [1.54, 1.807) is 12.1 Å². The van der Waals surface area contributed by atoms with Gasteiger partial charge in [0.25, 0.3) is 0 Å². The van der Waals surface area contributed by atoms with Gasteiger partial charge in [0.05, 0.1) is 0 Å². The fourth-order valence-corrected chi connectivity index (χ4v) is 0.997. The van der Waals surface area contributed by atoms with E-state index in [-0.39, 0.29) is 0 Å². The molecule has 5 heteroatoms. The second-order valence-corrected chi connectivity index (χ2v) is 2.34. The zero-order valence-corrected chi connectivity index (χ0v) is 6.01. The van der Waals surface area contributed by atoms with Gasteiger partial charge in [0.15, 0.2) is 0 Å². The van der Waals surface area contributed by atoms with E-state index >= 15 is 0 Å². The van der Waals surface area contributed by atoms with Gasteiger partial charge in [0.1, 0.15) is 17.3 Å². The summed E-state index contributed by atoms with van der Waals surface area (Å²) in [5.74, 6) is 0. The minimum Gasteiger partial charge on any atom is -0.410 e. The molecule has 1 N–H and O–H groups in total. The molecule has 0 atom stereocenters. The first-order valence-electron chi connectivity index (χ1n) is 3.31. The number of hydrogen-bond acceptors (Lipinski definition) is 4. The Bertz CT molecular complexity index is 435. The van der Waals surface area contributed by atoms with Crippen LogP contribution in [-0.2, 0) is 0 Å². The van der Waals surface area contributed by atoms with Crippen molar-refractivity contribution in [3.05, 3.63) is 23.8 Å².